The molecule has 25 heavy (non-hydrogen) atoms. The van der Waals surface area contributed by atoms with Gasteiger partial charge in [-0.15, -0.1) is 0 Å². The predicted molar refractivity (Wildman–Crippen MR) is 101 cm³/mol. The summed E-state index contributed by atoms with van der Waals surface area (Å²) in [6, 6.07) is 13.1. The highest BCUT2D eigenvalue weighted by molar-refractivity contribution is 5.97. The molecule has 0 bridgehead atoms. The van der Waals surface area contributed by atoms with Crippen LogP contribution in [-0.4, -0.2) is 5.91 Å². The van der Waals surface area contributed by atoms with Gasteiger partial charge in [0.2, 0.25) is 17.2 Å². The molecule has 1 heterocycles. The monoisotopic (exact) mass is 335 g/mol. The maximum Gasteiger partial charge on any atom is 0.229 e. The van der Waals surface area contributed by atoms with E-state index in [1.165, 1.54) is 0 Å². The quantitative estimate of drug-likeness (QED) is 0.756. The van der Waals surface area contributed by atoms with Crippen molar-refractivity contribution in [3.05, 3.63) is 63.8 Å². The summed E-state index contributed by atoms with van der Waals surface area (Å²) >= 11 is 0. The topological polar surface area (TPSA) is 59.3 Å². The zero-order valence-corrected chi connectivity index (χ0v) is 14.8. The molecule has 0 aliphatic carbocycles. The van der Waals surface area contributed by atoms with Gasteiger partial charge in [0.15, 0.2) is 0 Å². The minimum absolute atomic E-state index is 0.144. The lowest BCUT2D eigenvalue weighted by Crippen LogP contribution is -2.20. The average molecular weight is 335 g/mol. The van der Waals surface area contributed by atoms with E-state index in [2.05, 4.69) is 5.32 Å². The summed E-state index contributed by atoms with van der Waals surface area (Å²) in [5.41, 5.74) is 3.36. The normalized spacial score (nSPS) is 11.1. The number of carbonyl (C=O) groups excluding carboxylic acids is 1. The van der Waals surface area contributed by atoms with E-state index in [4.69, 9.17) is 4.42 Å². The molecular weight excluding hydrogens is 314 g/mol. The molecule has 1 aromatic heterocycles. The van der Waals surface area contributed by atoms with Crippen molar-refractivity contribution >= 4 is 22.8 Å². The summed E-state index contributed by atoms with van der Waals surface area (Å²) < 4.78 is 5.99. The molecule has 0 aliphatic heterocycles. The molecule has 0 spiro atoms. The van der Waals surface area contributed by atoms with Gasteiger partial charge < -0.3 is 4.42 Å². The first kappa shape index (κ1) is 17.0. The van der Waals surface area contributed by atoms with Gasteiger partial charge in [0.05, 0.1) is 10.9 Å². The standard InChI is InChI=1S/C21H21NO3/c1-12(2)20(24)22-21-17(15-9-5-7-13(3)11-15)18(23)16-10-6-8-14(4)19(16)25-21/h5-12H,1-4H3,(H,22,24). The second-order valence-electron chi connectivity index (χ2n) is 6.60. The highest BCUT2D eigenvalue weighted by atomic mass is 16.4. The zero-order chi connectivity index (χ0) is 18.1. The summed E-state index contributed by atoms with van der Waals surface area (Å²) in [6.45, 7) is 7.44. The van der Waals surface area contributed by atoms with E-state index in [-0.39, 0.29) is 23.1 Å². The van der Waals surface area contributed by atoms with Gasteiger partial charge in [-0.05, 0) is 31.0 Å². The number of anilines is 1. The molecule has 4 heteroatoms. The second-order valence-corrected chi connectivity index (χ2v) is 6.60. The van der Waals surface area contributed by atoms with E-state index < -0.39 is 0 Å². The number of rotatable bonds is 3. The lowest BCUT2D eigenvalue weighted by Gasteiger charge is -2.13. The van der Waals surface area contributed by atoms with Crippen LogP contribution >= 0.6 is 0 Å². The number of nitrogens with one attached hydrogen (secondary N) is 1. The Bertz CT molecular complexity index is 1020. The van der Waals surface area contributed by atoms with Crippen molar-refractivity contribution in [3.63, 3.8) is 0 Å². The van der Waals surface area contributed by atoms with E-state index in [1.807, 2.05) is 50.2 Å². The van der Waals surface area contributed by atoms with E-state index in [1.54, 1.807) is 19.9 Å². The minimum Gasteiger partial charge on any atom is -0.439 e. The Hall–Kier alpha value is -2.88. The first-order valence-electron chi connectivity index (χ1n) is 8.33. The molecule has 0 saturated heterocycles. The predicted octanol–water partition coefficient (Wildman–Crippen LogP) is 4.67. The Labute approximate surface area is 146 Å². The highest BCUT2D eigenvalue weighted by Crippen LogP contribution is 2.30. The Morgan fingerprint density at radius 3 is 2.48 bits per heavy atom. The summed E-state index contributed by atoms with van der Waals surface area (Å²) in [7, 11) is 0. The average Bonchev–Trinajstić information content (AvgIpc) is 2.56. The van der Waals surface area contributed by atoms with Gasteiger partial charge in [-0.2, -0.15) is 0 Å². The number of aryl methyl sites for hydroxylation is 2. The molecule has 3 rings (SSSR count). The minimum atomic E-state index is -0.219. The maximum absolute atomic E-state index is 13.2. The SMILES string of the molecule is Cc1cccc(-c2c(NC(=O)C(C)C)oc3c(C)cccc3c2=O)c1. The zero-order valence-electron chi connectivity index (χ0n) is 14.8. The largest absolute Gasteiger partial charge is 0.439 e. The van der Waals surface area contributed by atoms with Gasteiger partial charge >= 0.3 is 0 Å². The molecule has 3 aromatic rings. The summed E-state index contributed by atoms with van der Waals surface area (Å²) in [5, 5.41) is 3.30. The van der Waals surface area contributed by atoms with E-state index in [0.29, 0.717) is 16.5 Å². The van der Waals surface area contributed by atoms with Crippen LogP contribution in [0.25, 0.3) is 22.1 Å². The van der Waals surface area contributed by atoms with E-state index in [0.717, 1.165) is 16.7 Å². The van der Waals surface area contributed by atoms with Crippen LogP contribution in [0.15, 0.2) is 51.7 Å². The molecule has 0 unspecified atom stereocenters. The molecule has 0 saturated carbocycles. The Balaban J connectivity index is 2.34. The number of hydrogen-bond donors (Lipinski definition) is 1. The first-order chi connectivity index (χ1) is 11.9. The lowest BCUT2D eigenvalue weighted by molar-refractivity contribution is -0.119. The van der Waals surface area contributed by atoms with Gasteiger partial charge in [0.25, 0.3) is 0 Å². The van der Waals surface area contributed by atoms with Crippen molar-refractivity contribution in [2.45, 2.75) is 27.7 Å². The fourth-order valence-electron chi connectivity index (χ4n) is 2.76. The van der Waals surface area contributed by atoms with Crippen LogP contribution in [0.4, 0.5) is 5.88 Å². The third kappa shape index (κ3) is 3.20. The Morgan fingerprint density at radius 2 is 1.80 bits per heavy atom. The lowest BCUT2D eigenvalue weighted by atomic mass is 10.0. The number of amides is 1. The summed E-state index contributed by atoms with van der Waals surface area (Å²) in [5.74, 6) is -0.204. The van der Waals surface area contributed by atoms with Crippen LogP contribution in [0, 0.1) is 19.8 Å². The smallest absolute Gasteiger partial charge is 0.229 e. The molecule has 0 atom stereocenters. The van der Waals surface area contributed by atoms with Gasteiger partial charge in [-0.1, -0.05) is 55.8 Å². The summed E-state index contributed by atoms with van der Waals surface area (Å²) in [4.78, 5) is 25.4. The molecule has 4 nitrogen and oxygen atoms in total. The molecule has 1 amide bonds. The van der Waals surface area contributed by atoms with Gasteiger partial charge in [0, 0.05) is 5.92 Å². The Kier molecular flexibility index (Phi) is 4.45. The van der Waals surface area contributed by atoms with Crippen LogP contribution in [-0.2, 0) is 4.79 Å². The van der Waals surface area contributed by atoms with Crippen LogP contribution in [0.5, 0.6) is 0 Å². The van der Waals surface area contributed by atoms with Crippen LogP contribution in [0.3, 0.4) is 0 Å². The summed E-state index contributed by atoms with van der Waals surface area (Å²) in [6.07, 6.45) is 0. The van der Waals surface area contributed by atoms with Gasteiger partial charge in [-0.3, -0.25) is 14.9 Å². The first-order valence-corrected chi connectivity index (χ1v) is 8.33. The number of benzene rings is 2. The second kappa shape index (κ2) is 6.55. The third-order valence-corrected chi connectivity index (χ3v) is 4.18. The fourth-order valence-corrected chi connectivity index (χ4v) is 2.76. The van der Waals surface area contributed by atoms with Crippen LogP contribution < -0.4 is 10.7 Å². The number of para-hydroxylation sites is 1. The van der Waals surface area contributed by atoms with E-state index >= 15 is 0 Å². The fraction of sp³-hybridized carbons (Fsp3) is 0.238. The molecule has 0 aliphatic rings. The Morgan fingerprint density at radius 1 is 1.08 bits per heavy atom. The van der Waals surface area contributed by atoms with Crippen molar-refractivity contribution in [2.75, 3.05) is 5.32 Å². The van der Waals surface area contributed by atoms with E-state index in [9.17, 15) is 9.59 Å². The third-order valence-electron chi connectivity index (χ3n) is 4.18. The molecule has 0 fully saturated rings. The number of fused-ring (bicyclic) bond motifs is 1. The van der Waals surface area contributed by atoms with Crippen molar-refractivity contribution in [1.29, 1.82) is 0 Å². The number of hydrogen-bond acceptors (Lipinski definition) is 3. The van der Waals surface area contributed by atoms with Crippen molar-refractivity contribution in [1.82, 2.24) is 0 Å². The molecule has 0 radical (unpaired) electrons. The van der Waals surface area contributed by atoms with Gasteiger partial charge in [0.1, 0.15) is 5.58 Å². The molecule has 1 N–H and O–H groups in total. The van der Waals surface area contributed by atoms with Gasteiger partial charge in [-0.25, -0.2) is 0 Å². The maximum atomic E-state index is 13.2. The molecular formula is C21H21NO3. The van der Waals surface area contributed by atoms with Crippen molar-refractivity contribution in [3.8, 4) is 11.1 Å². The van der Waals surface area contributed by atoms with Crippen molar-refractivity contribution in [2.24, 2.45) is 5.92 Å². The van der Waals surface area contributed by atoms with Crippen LogP contribution in [0.1, 0.15) is 25.0 Å². The number of carbonyl (C=O) groups is 1. The molecule has 2 aromatic carbocycles. The van der Waals surface area contributed by atoms with Crippen LogP contribution in [0.2, 0.25) is 0 Å². The molecule has 128 valence electrons. The highest BCUT2D eigenvalue weighted by Gasteiger charge is 2.20. The van der Waals surface area contributed by atoms with Crippen molar-refractivity contribution < 1.29 is 9.21 Å².